The zero-order valence-electron chi connectivity index (χ0n) is 8.38. The van der Waals surface area contributed by atoms with Crippen molar-refractivity contribution in [3.05, 3.63) is 39.2 Å². The number of hydrogen-bond donors (Lipinski definition) is 0. The summed E-state index contributed by atoms with van der Waals surface area (Å²) in [6, 6.07) is 5.18. The maximum atomic E-state index is 11.0. The van der Waals surface area contributed by atoms with E-state index < -0.39 is 0 Å². The van der Waals surface area contributed by atoms with Crippen LogP contribution >= 0.6 is 11.6 Å². The van der Waals surface area contributed by atoms with E-state index >= 15 is 0 Å². The highest BCUT2D eigenvalue weighted by molar-refractivity contribution is 6.31. The van der Waals surface area contributed by atoms with Crippen molar-refractivity contribution in [1.82, 2.24) is 4.57 Å². The molecule has 0 saturated carbocycles. The Bertz CT molecular complexity index is 625. The fourth-order valence-electron chi connectivity index (χ4n) is 1.71. The van der Waals surface area contributed by atoms with Gasteiger partial charge in [0, 0.05) is 33.4 Å². The molecule has 1 heterocycles. The monoisotopic (exact) mass is 234 g/mol. The molecule has 0 aliphatic carbocycles. The average Bonchev–Trinajstić information content (AvgIpc) is 2.52. The molecule has 1 aromatic carbocycles. The van der Waals surface area contributed by atoms with Crippen LogP contribution in [0.2, 0.25) is 5.02 Å². The molecule has 80 valence electrons. The van der Waals surface area contributed by atoms with Gasteiger partial charge >= 0.3 is 0 Å². The molecule has 2 rings (SSSR count). The van der Waals surface area contributed by atoms with Crippen LogP contribution in [0.25, 0.3) is 21.3 Å². The second-order valence-corrected chi connectivity index (χ2v) is 3.70. The summed E-state index contributed by atoms with van der Waals surface area (Å²) in [7, 11) is 1.73. The lowest BCUT2D eigenvalue weighted by molar-refractivity contribution is 0.112. The highest BCUT2D eigenvalue weighted by atomic mass is 35.5. The molecule has 0 bridgehead atoms. The van der Waals surface area contributed by atoms with Crippen molar-refractivity contribution >= 4 is 34.6 Å². The Morgan fingerprint density at radius 1 is 1.56 bits per heavy atom. The molecule has 0 saturated heterocycles. The average molecular weight is 235 g/mol. The molecule has 0 spiro atoms. The van der Waals surface area contributed by atoms with Gasteiger partial charge in [0.05, 0.1) is 0 Å². The number of aryl methyl sites for hydroxylation is 1. The third kappa shape index (κ3) is 1.43. The van der Waals surface area contributed by atoms with E-state index in [9.17, 15) is 4.79 Å². The zero-order chi connectivity index (χ0) is 11.7. The number of hydrogen-bond acceptors (Lipinski definition) is 2. The SMILES string of the molecule is Cn1c(N=[N+]=[N-])c(C=O)c2cc(Cl)ccc21. The van der Waals surface area contributed by atoms with Crippen molar-refractivity contribution in [3.8, 4) is 0 Å². The number of rotatable bonds is 2. The first-order valence-electron chi connectivity index (χ1n) is 4.47. The first kappa shape index (κ1) is 10.5. The van der Waals surface area contributed by atoms with E-state index in [4.69, 9.17) is 17.1 Å². The summed E-state index contributed by atoms with van der Waals surface area (Å²) >= 11 is 5.86. The molecule has 0 N–H and O–H groups in total. The summed E-state index contributed by atoms with van der Waals surface area (Å²) in [5, 5.41) is 4.74. The molecule has 5 nitrogen and oxygen atoms in total. The van der Waals surface area contributed by atoms with Gasteiger partial charge in [-0.3, -0.25) is 4.79 Å². The van der Waals surface area contributed by atoms with E-state index in [1.807, 2.05) is 0 Å². The Kier molecular flexibility index (Phi) is 2.56. The highest BCUT2D eigenvalue weighted by Crippen LogP contribution is 2.31. The van der Waals surface area contributed by atoms with Crippen LogP contribution < -0.4 is 0 Å². The number of aromatic nitrogens is 1. The number of nitrogens with zero attached hydrogens (tertiary/aromatic N) is 4. The van der Waals surface area contributed by atoms with Crippen LogP contribution in [-0.2, 0) is 7.05 Å². The minimum atomic E-state index is 0.301. The molecule has 0 unspecified atom stereocenters. The normalized spacial score (nSPS) is 10.1. The molecule has 0 fully saturated rings. The van der Waals surface area contributed by atoms with Crippen molar-refractivity contribution in [1.29, 1.82) is 0 Å². The van der Waals surface area contributed by atoms with Gasteiger partial charge in [0.15, 0.2) is 6.29 Å². The zero-order valence-corrected chi connectivity index (χ0v) is 9.14. The van der Waals surface area contributed by atoms with E-state index in [0.29, 0.717) is 28.1 Å². The lowest BCUT2D eigenvalue weighted by atomic mass is 10.2. The molecule has 0 aliphatic rings. The molecule has 6 heteroatoms. The molecule has 1 aromatic heterocycles. The van der Waals surface area contributed by atoms with E-state index in [-0.39, 0.29) is 0 Å². The van der Waals surface area contributed by atoms with Crippen molar-refractivity contribution in [3.63, 3.8) is 0 Å². The van der Waals surface area contributed by atoms with Crippen molar-refractivity contribution in [2.45, 2.75) is 0 Å². The molecule has 2 aromatic rings. The molecule has 0 aliphatic heterocycles. The molecule has 16 heavy (non-hydrogen) atoms. The highest BCUT2D eigenvalue weighted by Gasteiger charge is 2.13. The number of fused-ring (bicyclic) bond motifs is 1. The predicted molar refractivity (Wildman–Crippen MR) is 62.1 cm³/mol. The summed E-state index contributed by atoms with van der Waals surface area (Å²) in [4.78, 5) is 13.7. The van der Waals surface area contributed by atoms with Crippen LogP contribution in [-0.4, -0.2) is 10.9 Å². The standard InChI is InChI=1S/C10H7ClN4O/c1-15-9-3-2-6(11)4-7(9)8(5-16)10(15)13-14-12/h2-5H,1H3. The van der Waals surface area contributed by atoms with Crippen molar-refractivity contribution < 1.29 is 4.79 Å². The first-order chi connectivity index (χ1) is 7.69. The summed E-state index contributed by atoms with van der Waals surface area (Å²) < 4.78 is 1.66. The minimum absolute atomic E-state index is 0.301. The molecule has 0 atom stereocenters. The quantitative estimate of drug-likeness (QED) is 0.339. The van der Waals surface area contributed by atoms with Gasteiger partial charge < -0.3 is 4.57 Å². The fraction of sp³-hybridized carbons (Fsp3) is 0.100. The van der Waals surface area contributed by atoms with Gasteiger partial charge in [-0.25, -0.2) is 0 Å². The smallest absolute Gasteiger partial charge is 0.152 e. The van der Waals surface area contributed by atoms with Crippen molar-refractivity contribution in [2.24, 2.45) is 12.2 Å². The summed E-state index contributed by atoms with van der Waals surface area (Å²) in [5.41, 5.74) is 9.61. The van der Waals surface area contributed by atoms with E-state index in [1.54, 1.807) is 29.8 Å². The van der Waals surface area contributed by atoms with Gasteiger partial charge in [-0.15, -0.1) is 0 Å². The Morgan fingerprint density at radius 3 is 2.94 bits per heavy atom. The Hall–Kier alpha value is -1.97. The van der Waals surface area contributed by atoms with Crippen LogP contribution in [0.5, 0.6) is 0 Å². The van der Waals surface area contributed by atoms with E-state index in [0.717, 1.165) is 5.52 Å². The first-order valence-corrected chi connectivity index (χ1v) is 4.85. The topological polar surface area (TPSA) is 70.8 Å². The van der Waals surface area contributed by atoms with E-state index in [1.165, 1.54) is 0 Å². The number of carbonyl (C=O) groups is 1. The maximum absolute atomic E-state index is 11.0. The predicted octanol–water partition coefficient (Wildman–Crippen LogP) is 3.59. The number of carbonyl (C=O) groups excluding carboxylic acids is 1. The minimum Gasteiger partial charge on any atom is -0.342 e. The van der Waals surface area contributed by atoms with Crippen LogP contribution in [0.1, 0.15) is 10.4 Å². The maximum Gasteiger partial charge on any atom is 0.152 e. The molecule has 0 radical (unpaired) electrons. The number of halogens is 1. The number of azide groups is 1. The van der Waals surface area contributed by atoms with Crippen LogP contribution in [0.4, 0.5) is 5.82 Å². The Balaban J connectivity index is 2.96. The van der Waals surface area contributed by atoms with Gasteiger partial charge in [0.25, 0.3) is 0 Å². The second kappa shape index (κ2) is 3.89. The lowest BCUT2D eigenvalue weighted by Crippen LogP contribution is -1.85. The van der Waals surface area contributed by atoms with Crippen molar-refractivity contribution in [2.75, 3.05) is 0 Å². The fourth-order valence-corrected chi connectivity index (χ4v) is 1.88. The Labute approximate surface area is 95.9 Å². The third-order valence-corrected chi connectivity index (χ3v) is 2.66. The third-order valence-electron chi connectivity index (χ3n) is 2.43. The Morgan fingerprint density at radius 2 is 2.31 bits per heavy atom. The molecular weight excluding hydrogens is 228 g/mol. The van der Waals surface area contributed by atoms with Gasteiger partial charge in [-0.2, -0.15) is 0 Å². The summed E-state index contributed by atoms with van der Waals surface area (Å²) in [6.45, 7) is 0. The molecule has 0 amide bonds. The van der Waals surface area contributed by atoms with E-state index in [2.05, 4.69) is 10.0 Å². The second-order valence-electron chi connectivity index (χ2n) is 3.27. The van der Waals surface area contributed by atoms with Gasteiger partial charge in [-0.1, -0.05) is 11.6 Å². The van der Waals surface area contributed by atoms with Crippen LogP contribution in [0.3, 0.4) is 0 Å². The van der Waals surface area contributed by atoms with Gasteiger partial charge in [0.1, 0.15) is 5.82 Å². The number of benzene rings is 1. The number of aldehydes is 1. The summed E-state index contributed by atoms with van der Waals surface area (Å²) in [5.74, 6) is 0.301. The lowest BCUT2D eigenvalue weighted by Gasteiger charge is -1.97. The van der Waals surface area contributed by atoms with Crippen LogP contribution in [0, 0.1) is 0 Å². The van der Waals surface area contributed by atoms with Gasteiger partial charge in [-0.05, 0) is 28.8 Å². The van der Waals surface area contributed by atoms with Crippen LogP contribution in [0.15, 0.2) is 23.3 Å². The molecular formula is C10H7ClN4O. The van der Waals surface area contributed by atoms with Gasteiger partial charge in [0.2, 0.25) is 0 Å². The largest absolute Gasteiger partial charge is 0.342 e. The summed E-state index contributed by atoms with van der Waals surface area (Å²) in [6.07, 6.45) is 0.669.